The lowest BCUT2D eigenvalue weighted by molar-refractivity contribution is -0.150. The Hall–Kier alpha value is -3.21. The van der Waals surface area contributed by atoms with Crippen LogP contribution < -0.4 is 0 Å². The molecule has 1 N–H and O–H groups in total. The average molecular weight is 544 g/mol. The van der Waals surface area contributed by atoms with Gasteiger partial charge in [-0.3, -0.25) is 14.7 Å². The van der Waals surface area contributed by atoms with Crippen LogP contribution in [0.25, 0.3) is 0 Å². The van der Waals surface area contributed by atoms with Crippen molar-refractivity contribution in [1.29, 1.82) is 0 Å². The van der Waals surface area contributed by atoms with Crippen LogP contribution in [0.3, 0.4) is 0 Å². The first-order chi connectivity index (χ1) is 17.3. The Morgan fingerprint density at radius 2 is 1.94 bits per heavy atom. The Morgan fingerprint density at radius 3 is 2.58 bits per heavy atom. The summed E-state index contributed by atoms with van der Waals surface area (Å²) in [5, 5.41) is 16.0. The monoisotopic (exact) mass is 543 g/mol. The van der Waals surface area contributed by atoms with Crippen LogP contribution in [0.4, 0.5) is 0 Å². The van der Waals surface area contributed by atoms with E-state index in [9.17, 15) is 19.5 Å². The third-order valence-electron chi connectivity index (χ3n) is 5.62. The molecule has 0 aliphatic carbocycles. The lowest BCUT2D eigenvalue weighted by Crippen LogP contribution is -2.46. The molecular formula is C25H22ClN3O5S2. The fourth-order valence-corrected chi connectivity index (χ4v) is 5.33. The maximum atomic E-state index is 13.4. The van der Waals surface area contributed by atoms with Crippen molar-refractivity contribution in [3.8, 4) is 0 Å². The Balaban J connectivity index is 1.62. The first-order valence-electron chi connectivity index (χ1n) is 11.1. The predicted octanol–water partition coefficient (Wildman–Crippen LogP) is 4.08. The summed E-state index contributed by atoms with van der Waals surface area (Å²) in [6.45, 7) is 1.85. The Kier molecular flexibility index (Phi) is 8.07. The molecule has 2 atom stereocenters. The number of hydrogen-bond acceptors (Lipinski definition) is 8. The molecule has 8 nitrogen and oxygen atoms in total. The van der Waals surface area contributed by atoms with E-state index in [2.05, 4.69) is 5.10 Å². The van der Waals surface area contributed by atoms with E-state index in [1.807, 2.05) is 30.3 Å². The lowest BCUT2D eigenvalue weighted by Gasteiger charge is -2.25. The number of carbonyl (C=O) groups excluding carboxylic acids is 2. The van der Waals surface area contributed by atoms with Crippen LogP contribution in [0.15, 0.2) is 70.8 Å². The highest BCUT2D eigenvalue weighted by atomic mass is 35.5. The zero-order valence-electron chi connectivity index (χ0n) is 19.2. The number of aliphatic carboxylic acids is 1. The van der Waals surface area contributed by atoms with Gasteiger partial charge in [-0.1, -0.05) is 78.0 Å². The van der Waals surface area contributed by atoms with E-state index in [1.54, 1.807) is 31.2 Å². The zero-order valence-corrected chi connectivity index (χ0v) is 21.6. The largest absolute Gasteiger partial charge is 0.480 e. The number of benzene rings is 2. The molecule has 2 aromatic rings. The van der Waals surface area contributed by atoms with Gasteiger partial charge in [-0.15, -0.1) is 0 Å². The van der Waals surface area contributed by atoms with E-state index in [4.69, 9.17) is 28.6 Å². The van der Waals surface area contributed by atoms with Gasteiger partial charge < -0.3 is 9.84 Å². The number of thioether (sulfide) groups is 1. The van der Waals surface area contributed by atoms with Crippen LogP contribution in [-0.2, 0) is 25.5 Å². The number of hydrazone groups is 1. The molecule has 1 fully saturated rings. The number of carboxylic acids is 1. The normalized spacial score (nSPS) is 19.6. The van der Waals surface area contributed by atoms with Gasteiger partial charge in [0.25, 0.3) is 5.91 Å². The molecule has 0 saturated carbocycles. The number of rotatable bonds is 8. The molecule has 0 aromatic heterocycles. The molecule has 2 aliphatic heterocycles. The molecule has 2 aliphatic rings. The van der Waals surface area contributed by atoms with Gasteiger partial charge in [0.1, 0.15) is 10.4 Å². The highest BCUT2D eigenvalue weighted by Gasteiger charge is 2.42. The minimum absolute atomic E-state index is 0.146. The Labute approximate surface area is 222 Å². The second-order valence-corrected chi connectivity index (χ2v) is 10.1. The molecule has 1 saturated heterocycles. The maximum Gasteiger partial charge on any atom is 0.329 e. The standard InChI is InChI=1S/C25H22ClN3O5S2/c1-2-34-24(33)20(12-15-6-4-3-5-7-15)29-22(30)21(36-25(29)35)14-28-19(23(31)32)13-18(27-28)16-8-10-17(26)11-9-16/h3-11,14,19-20H,2,12-13H2,1H3,(H,31,32)/b21-14-. The maximum absolute atomic E-state index is 13.4. The van der Waals surface area contributed by atoms with Gasteiger partial charge in [-0.05, 0) is 30.2 Å². The smallest absolute Gasteiger partial charge is 0.329 e. The van der Waals surface area contributed by atoms with Crippen molar-refractivity contribution in [3.63, 3.8) is 0 Å². The number of carboxylic acid groups (broad SMARTS) is 1. The van der Waals surface area contributed by atoms with Crippen LogP contribution in [0.2, 0.25) is 5.02 Å². The van der Waals surface area contributed by atoms with Crippen molar-refractivity contribution in [3.05, 3.63) is 81.9 Å². The van der Waals surface area contributed by atoms with Crippen LogP contribution >= 0.6 is 35.6 Å². The molecule has 0 bridgehead atoms. The van der Waals surface area contributed by atoms with E-state index in [0.717, 1.165) is 22.9 Å². The number of thiocarbonyl (C=S) groups is 1. The molecule has 1 amide bonds. The molecule has 2 heterocycles. The average Bonchev–Trinajstić information content (AvgIpc) is 3.40. The molecule has 11 heteroatoms. The predicted molar refractivity (Wildman–Crippen MR) is 142 cm³/mol. The highest BCUT2D eigenvalue weighted by Crippen LogP contribution is 2.35. The minimum atomic E-state index is -1.08. The SMILES string of the molecule is CCOC(=O)C(Cc1ccccc1)N1C(=O)/C(=C/N2N=C(c3ccc(Cl)cc3)CC2C(=O)O)SC1=S. The number of nitrogens with zero attached hydrogens (tertiary/aromatic N) is 3. The minimum Gasteiger partial charge on any atom is -0.480 e. The highest BCUT2D eigenvalue weighted by molar-refractivity contribution is 8.26. The number of esters is 1. The molecule has 2 unspecified atom stereocenters. The molecule has 186 valence electrons. The lowest BCUT2D eigenvalue weighted by atomic mass is 10.0. The summed E-state index contributed by atoms with van der Waals surface area (Å²) in [6, 6.07) is 14.2. The van der Waals surface area contributed by atoms with Gasteiger partial charge in [0.2, 0.25) is 0 Å². The van der Waals surface area contributed by atoms with E-state index in [1.165, 1.54) is 16.1 Å². The summed E-state index contributed by atoms with van der Waals surface area (Å²) in [4.78, 5) is 39.6. The second kappa shape index (κ2) is 11.2. The number of halogens is 1. The van der Waals surface area contributed by atoms with Gasteiger partial charge in [-0.25, -0.2) is 9.59 Å². The first kappa shape index (κ1) is 25.9. The summed E-state index contributed by atoms with van der Waals surface area (Å²) in [7, 11) is 0. The number of hydrogen-bond donors (Lipinski definition) is 1. The van der Waals surface area contributed by atoms with Crippen LogP contribution in [0.1, 0.15) is 24.5 Å². The van der Waals surface area contributed by atoms with Gasteiger partial charge in [0, 0.05) is 24.1 Å². The fraction of sp³-hybridized carbons (Fsp3) is 0.240. The molecule has 36 heavy (non-hydrogen) atoms. The van der Waals surface area contributed by atoms with E-state index in [-0.39, 0.29) is 28.7 Å². The third-order valence-corrected chi connectivity index (χ3v) is 7.19. The summed E-state index contributed by atoms with van der Waals surface area (Å²) in [5.74, 6) is -2.15. The van der Waals surface area contributed by atoms with Crippen LogP contribution in [0, 0.1) is 0 Å². The van der Waals surface area contributed by atoms with Gasteiger partial charge >= 0.3 is 11.9 Å². The number of carbonyl (C=O) groups is 3. The summed E-state index contributed by atoms with van der Waals surface area (Å²) < 4.78 is 5.42. The molecule has 2 aromatic carbocycles. The van der Waals surface area contributed by atoms with Crippen molar-refractivity contribution < 1.29 is 24.2 Å². The van der Waals surface area contributed by atoms with E-state index in [0.29, 0.717) is 10.7 Å². The van der Waals surface area contributed by atoms with Crippen molar-refractivity contribution in [2.24, 2.45) is 5.10 Å². The van der Waals surface area contributed by atoms with Gasteiger partial charge in [0.05, 0.1) is 17.2 Å². The fourth-order valence-electron chi connectivity index (χ4n) is 3.88. The zero-order chi connectivity index (χ0) is 25.8. The van der Waals surface area contributed by atoms with Crippen molar-refractivity contribution in [1.82, 2.24) is 9.91 Å². The molecule has 4 rings (SSSR count). The number of ether oxygens (including phenoxy) is 1. The molecule has 0 radical (unpaired) electrons. The molecule has 0 spiro atoms. The van der Waals surface area contributed by atoms with Crippen LogP contribution in [-0.4, -0.2) is 61.6 Å². The second-order valence-electron chi connectivity index (χ2n) is 7.99. The van der Waals surface area contributed by atoms with Crippen molar-refractivity contribution in [2.75, 3.05) is 6.61 Å². The summed E-state index contributed by atoms with van der Waals surface area (Å²) >= 11 is 12.4. The van der Waals surface area contributed by atoms with Crippen molar-refractivity contribution >= 4 is 63.5 Å². The first-order valence-corrected chi connectivity index (χ1v) is 12.7. The quantitative estimate of drug-likeness (QED) is 0.302. The number of amides is 1. The Morgan fingerprint density at radius 1 is 1.25 bits per heavy atom. The van der Waals surface area contributed by atoms with Crippen LogP contribution in [0.5, 0.6) is 0 Å². The van der Waals surface area contributed by atoms with Gasteiger partial charge in [0.15, 0.2) is 6.04 Å². The van der Waals surface area contributed by atoms with E-state index >= 15 is 0 Å². The van der Waals surface area contributed by atoms with Gasteiger partial charge in [-0.2, -0.15) is 5.10 Å². The third kappa shape index (κ3) is 5.61. The summed E-state index contributed by atoms with van der Waals surface area (Å²) in [5.41, 5.74) is 2.13. The summed E-state index contributed by atoms with van der Waals surface area (Å²) in [6.07, 6.45) is 1.75. The topological polar surface area (TPSA) is 99.5 Å². The molecular weight excluding hydrogens is 522 g/mol. The van der Waals surface area contributed by atoms with E-state index < -0.39 is 29.9 Å². The Bertz CT molecular complexity index is 1250. The van der Waals surface area contributed by atoms with Crippen molar-refractivity contribution in [2.45, 2.75) is 31.8 Å².